The second-order valence-corrected chi connectivity index (χ2v) is 11.2. The van der Waals surface area contributed by atoms with E-state index in [1.165, 1.54) is 11.1 Å². The Morgan fingerprint density at radius 1 is 1.25 bits per heavy atom. The van der Waals surface area contributed by atoms with Crippen LogP contribution in [0.2, 0.25) is 0 Å². The van der Waals surface area contributed by atoms with Gasteiger partial charge in [0.1, 0.15) is 11.8 Å². The van der Waals surface area contributed by atoms with Gasteiger partial charge in [0.05, 0.1) is 36.1 Å². The highest BCUT2D eigenvalue weighted by molar-refractivity contribution is 6.06. The first-order chi connectivity index (χ1) is 19.1. The van der Waals surface area contributed by atoms with Crippen LogP contribution in [0, 0.1) is 12.8 Å². The summed E-state index contributed by atoms with van der Waals surface area (Å²) in [5, 5.41) is 20.2. The van der Waals surface area contributed by atoms with E-state index in [2.05, 4.69) is 15.7 Å². The van der Waals surface area contributed by atoms with Crippen LogP contribution in [0.1, 0.15) is 72.5 Å². The van der Waals surface area contributed by atoms with E-state index in [0.717, 1.165) is 25.7 Å². The van der Waals surface area contributed by atoms with E-state index in [1.807, 2.05) is 6.92 Å². The number of urea groups is 1. The summed E-state index contributed by atoms with van der Waals surface area (Å²) in [6, 6.07) is 6.32. The summed E-state index contributed by atoms with van der Waals surface area (Å²) in [4.78, 5) is 43.2. The topological polar surface area (TPSA) is 129 Å². The molecular formula is C29H42N6O5. The molecular weight excluding hydrogens is 512 g/mol. The minimum atomic E-state index is -0.487. The van der Waals surface area contributed by atoms with Gasteiger partial charge in [-0.25, -0.2) is 4.79 Å². The molecule has 0 bridgehead atoms. The Morgan fingerprint density at radius 3 is 2.62 bits per heavy atom. The minimum absolute atomic E-state index is 0.158. The molecule has 4 rings (SSSR count). The first kappa shape index (κ1) is 29.4. The molecule has 3 atom stereocenters. The summed E-state index contributed by atoms with van der Waals surface area (Å²) >= 11 is 0. The van der Waals surface area contributed by atoms with Crippen LogP contribution in [0.4, 0.5) is 10.5 Å². The predicted molar refractivity (Wildman–Crippen MR) is 152 cm³/mol. The number of aromatic nitrogens is 2. The molecule has 0 unspecified atom stereocenters. The SMILES string of the molecule is Cc1cc(C(=O)Nc2cccc3c2O[C@@H](CN(C)C(=O)NC2CCCCC2)[C@@H](C)CN([C@@H](C)CO)C3=O)n(C)n1. The van der Waals surface area contributed by atoms with Gasteiger partial charge in [0, 0.05) is 32.6 Å². The van der Waals surface area contributed by atoms with Crippen molar-refractivity contribution < 1.29 is 24.2 Å². The molecule has 0 radical (unpaired) electrons. The van der Waals surface area contributed by atoms with E-state index in [4.69, 9.17) is 4.74 Å². The Labute approximate surface area is 235 Å². The molecule has 218 valence electrons. The van der Waals surface area contributed by atoms with Crippen LogP contribution in [0.3, 0.4) is 0 Å². The number of likely N-dealkylation sites (N-methyl/N-ethyl adjacent to an activating group) is 1. The third kappa shape index (κ3) is 6.57. The fourth-order valence-corrected chi connectivity index (χ4v) is 5.45. The van der Waals surface area contributed by atoms with Gasteiger partial charge < -0.3 is 30.3 Å². The van der Waals surface area contributed by atoms with Gasteiger partial charge in [-0.2, -0.15) is 5.10 Å². The number of benzene rings is 1. The van der Waals surface area contributed by atoms with Crippen molar-refractivity contribution in [1.82, 2.24) is 24.9 Å². The molecule has 1 aromatic heterocycles. The van der Waals surface area contributed by atoms with Crippen LogP contribution in [-0.2, 0) is 7.05 Å². The number of rotatable bonds is 7. The number of carbonyl (C=O) groups excluding carboxylic acids is 3. The highest BCUT2D eigenvalue weighted by Gasteiger charge is 2.35. The van der Waals surface area contributed by atoms with Crippen LogP contribution in [0.15, 0.2) is 24.3 Å². The summed E-state index contributed by atoms with van der Waals surface area (Å²) in [6.07, 6.45) is 4.92. The summed E-state index contributed by atoms with van der Waals surface area (Å²) in [5.74, 6) is -0.617. The van der Waals surface area contributed by atoms with Crippen molar-refractivity contribution in [2.45, 2.75) is 71.1 Å². The molecule has 2 aliphatic rings. The quantitative estimate of drug-likeness (QED) is 0.482. The number of para-hydroxylation sites is 1. The number of hydrogen-bond acceptors (Lipinski definition) is 6. The highest BCUT2D eigenvalue weighted by Crippen LogP contribution is 2.35. The predicted octanol–water partition coefficient (Wildman–Crippen LogP) is 3.18. The molecule has 40 heavy (non-hydrogen) atoms. The molecule has 11 nitrogen and oxygen atoms in total. The monoisotopic (exact) mass is 554 g/mol. The molecule has 11 heteroatoms. The molecule has 2 aromatic rings. The zero-order chi connectivity index (χ0) is 29.0. The van der Waals surface area contributed by atoms with Crippen molar-refractivity contribution in [3.8, 4) is 5.75 Å². The molecule has 0 spiro atoms. The van der Waals surface area contributed by atoms with Gasteiger partial charge in [-0.05, 0) is 44.9 Å². The second kappa shape index (κ2) is 12.7. The molecule has 1 saturated carbocycles. The number of hydrogen-bond donors (Lipinski definition) is 3. The summed E-state index contributed by atoms with van der Waals surface area (Å²) < 4.78 is 8.03. The lowest BCUT2D eigenvalue weighted by atomic mass is 9.96. The van der Waals surface area contributed by atoms with E-state index in [0.29, 0.717) is 23.6 Å². The van der Waals surface area contributed by atoms with Gasteiger partial charge >= 0.3 is 6.03 Å². The molecule has 4 amide bonds. The van der Waals surface area contributed by atoms with Crippen LogP contribution in [-0.4, -0.2) is 87.5 Å². The zero-order valence-electron chi connectivity index (χ0n) is 24.1. The van der Waals surface area contributed by atoms with Crippen LogP contribution in [0.25, 0.3) is 0 Å². The highest BCUT2D eigenvalue weighted by atomic mass is 16.5. The van der Waals surface area contributed by atoms with Gasteiger partial charge in [0.15, 0.2) is 5.75 Å². The lowest BCUT2D eigenvalue weighted by Crippen LogP contribution is -2.52. The van der Waals surface area contributed by atoms with Gasteiger partial charge in [0.2, 0.25) is 0 Å². The van der Waals surface area contributed by atoms with Crippen molar-refractivity contribution in [2.24, 2.45) is 13.0 Å². The lowest BCUT2D eigenvalue weighted by molar-refractivity contribution is 0.0367. The van der Waals surface area contributed by atoms with Gasteiger partial charge in [-0.3, -0.25) is 14.3 Å². The molecule has 1 aliphatic heterocycles. The molecule has 1 aliphatic carbocycles. The standard InChI is InChI=1S/C29H42N6O5/c1-18-15-35(20(3)17-36)28(38)22-12-9-13-23(31-27(37)24-14-19(2)32-34(24)5)26(22)40-25(18)16-33(4)29(39)30-21-10-7-6-8-11-21/h9,12-14,18,20-21,25,36H,6-8,10-11,15-17H2,1-5H3,(H,30,39)(H,31,37)/t18-,20-,25-/m0/s1. The average molecular weight is 555 g/mol. The number of nitrogens with zero attached hydrogens (tertiary/aromatic N) is 4. The van der Waals surface area contributed by atoms with Gasteiger partial charge in [0.25, 0.3) is 11.8 Å². The van der Waals surface area contributed by atoms with E-state index < -0.39 is 12.1 Å². The normalized spacial score (nSPS) is 20.6. The number of aliphatic hydroxyl groups excluding tert-OH is 1. The lowest BCUT2D eigenvalue weighted by Gasteiger charge is -2.38. The number of ether oxygens (including phenoxy) is 1. The van der Waals surface area contributed by atoms with Crippen molar-refractivity contribution in [3.05, 3.63) is 41.2 Å². The molecule has 2 heterocycles. The van der Waals surface area contributed by atoms with Crippen molar-refractivity contribution >= 4 is 23.5 Å². The number of carbonyl (C=O) groups is 3. The fourth-order valence-electron chi connectivity index (χ4n) is 5.45. The van der Waals surface area contributed by atoms with E-state index in [9.17, 15) is 19.5 Å². The average Bonchev–Trinajstić information content (AvgIpc) is 3.28. The van der Waals surface area contributed by atoms with Crippen molar-refractivity contribution in [2.75, 3.05) is 32.1 Å². The second-order valence-electron chi connectivity index (χ2n) is 11.2. The smallest absolute Gasteiger partial charge is 0.317 e. The number of aliphatic hydroxyl groups is 1. The molecule has 1 aromatic carbocycles. The number of amides is 4. The zero-order valence-corrected chi connectivity index (χ0v) is 24.1. The maximum atomic E-state index is 13.7. The summed E-state index contributed by atoms with van der Waals surface area (Å²) in [7, 11) is 3.43. The minimum Gasteiger partial charge on any atom is -0.485 e. The maximum absolute atomic E-state index is 13.7. The first-order valence-electron chi connectivity index (χ1n) is 14.1. The van der Waals surface area contributed by atoms with E-state index >= 15 is 0 Å². The Balaban J connectivity index is 1.63. The molecule has 1 fully saturated rings. The largest absolute Gasteiger partial charge is 0.485 e. The summed E-state index contributed by atoms with van der Waals surface area (Å²) in [5.41, 5.74) is 1.71. The molecule has 0 saturated heterocycles. The van der Waals surface area contributed by atoms with Crippen LogP contribution >= 0.6 is 0 Å². The Hall–Kier alpha value is -3.60. The Morgan fingerprint density at radius 2 is 1.98 bits per heavy atom. The number of aryl methyl sites for hydroxylation is 2. The van der Waals surface area contributed by atoms with Crippen molar-refractivity contribution in [3.63, 3.8) is 0 Å². The first-order valence-corrected chi connectivity index (χ1v) is 14.1. The number of fused-ring (bicyclic) bond motifs is 1. The van der Waals surface area contributed by atoms with Gasteiger partial charge in [-0.1, -0.05) is 32.3 Å². The fraction of sp³-hybridized carbons (Fsp3) is 0.586. The Bertz CT molecular complexity index is 1220. The number of anilines is 1. The maximum Gasteiger partial charge on any atom is 0.317 e. The third-order valence-corrected chi connectivity index (χ3v) is 7.91. The number of nitrogens with one attached hydrogen (secondary N) is 2. The molecule has 3 N–H and O–H groups in total. The Kier molecular flexibility index (Phi) is 9.34. The van der Waals surface area contributed by atoms with Gasteiger partial charge in [-0.15, -0.1) is 0 Å². The third-order valence-electron chi connectivity index (χ3n) is 7.91. The van der Waals surface area contributed by atoms with E-state index in [-0.39, 0.29) is 54.3 Å². The van der Waals surface area contributed by atoms with Crippen LogP contribution < -0.4 is 15.4 Å². The van der Waals surface area contributed by atoms with Crippen LogP contribution in [0.5, 0.6) is 5.75 Å². The summed E-state index contributed by atoms with van der Waals surface area (Å²) in [6.45, 7) is 5.99. The van der Waals surface area contributed by atoms with Crippen molar-refractivity contribution in [1.29, 1.82) is 0 Å². The van der Waals surface area contributed by atoms with E-state index in [1.54, 1.807) is 62.0 Å².